The summed E-state index contributed by atoms with van der Waals surface area (Å²) in [5.41, 5.74) is 0.461. The van der Waals surface area contributed by atoms with Gasteiger partial charge in [0.1, 0.15) is 11.8 Å². The molecule has 7 heteroatoms. The van der Waals surface area contributed by atoms with Crippen LogP contribution < -0.4 is 9.64 Å². The lowest BCUT2D eigenvalue weighted by atomic mass is 10.1. The third kappa shape index (κ3) is 3.45. The first-order valence-corrected chi connectivity index (χ1v) is 8.85. The number of ether oxygens (including phenoxy) is 1. The van der Waals surface area contributed by atoms with Gasteiger partial charge in [0.2, 0.25) is 5.91 Å². The van der Waals surface area contributed by atoms with Gasteiger partial charge in [-0.25, -0.2) is 4.90 Å². The van der Waals surface area contributed by atoms with Crippen LogP contribution in [0, 0.1) is 0 Å². The average molecular weight is 370 g/mol. The van der Waals surface area contributed by atoms with E-state index in [4.69, 9.17) is 9.15 Å². The number of imide groups is 1. The molecule has 2 unspecified atom stereocenters. The monoisotopic (exact) mass is 370 g/mol. The van der Waals surface area contributed by atoms with E-state index in [9.17, 15) is 14.4 Å². The van der Waals surface area contributed by atoms with E-state index in [2.05, 4.69) is 0 Å². The van der Waals surface area contributed by atoms with Crippen LogP contribution in [0.1, 0.15) is 37.2 Å². The van der Waals surface area contributed by atoms with Gasteiger partial charge in [0.15, 0.2) is 5.76 Å². The van der Waals surface area contributed by atoms with Crippen molar-refractivity contribution in [2.75, 3.05) is 12.0 Å². The number of anilines is 1. The van der Waals surface area contributed by atoms with Crippen LogP contribution in [0.3, 0.4) is 0 Å². The van der Waals surface area contributed by atoms with E-state index >= 15 is 0 Å². The first-order valence-electron chi connectivity index (χ1n) is 8.85. The number of rotatable bonds is 6. The van der Waals surface area contributed by atoms with Gasteiger partial charge in [-0.1, -0.05) is 6.92 Å². The molecular weight excluding hydrogens is 348 g/mol. The number of amides is 3. The van der Waals surface area contributed by atoms with Crippen LogP contribution in [0.15, 0.2) is 47.1 Å². The van der Waals surface area contributed by atoms with Crippen molar-refractivity contribution in [3.63, 3.8) is 0 Å². The molecule has 0 N–H and O–H groups in total. The second-order valence-corrected chi connectivity index (χ2v) is 6.43. The van der Waals surface area contributed by atoms with Crippen molar-refractivity contribution in [3.8, 4) is 5.75 Å². The molecule has 0 aliphatic carbocycles. The highest BCUT2D eigenvalue weighted by Gasteiger charge is 2.46. The Morgan fingerprint density at radius 2 is 2.00 bits per heavy atom. The number of furan rings is 1. The Morgan fingerprint density at radius 1 is 1.30 bits per heavy atom. The zero-order valence-corrected chi connectivity index (χ0v) is 15.5. The van der Waals surface area contributed by atoms with Gasteiger partial charge < -0.3 is 14.1 Å². The summed E-state index contributed by atoms with van der Waals surface area (Å²) in [6.45, 7) is 3.78. The van der Waals surface area contributed by atoms with Crippen molar-refractivity contribution in [2.45, 2.75) is 38.8 Å². The fourth-order valence-corrected chi connectivity index (χ4v) is 3.21. The molecule has 0 bridgehead atoms. The zero-order valence-electron chi connectivity index (χ0n) is 15.5. The molecule has 0 saturated carbocycles. The van der Waals surface area contributed by atoms with Gasteiger partial charge in [0.05, 0.1) is 25.5 Å². The smallest absolute Gasteiger partial charge is 0.290 e. The third-order valence-corrected chi connectivity index (χ3v) is 4.82. The van der Waals surface area contributed by atoms with Crippen molar-refractivity contribution in [2.24, 2.45) is 0 Å². The van der Waals surface area contributed by atoms with Gasteiger partial charge in [-0.05, 0) is 49.7 Å². The molecule has 1 saturated heterocycles. The van der Waals surface area contributed by atoms with E-state index < -0.39 is 17.9 Å². The van der Waals surface area contributed by atoms with Crippen molar-refractivity contribution in [1.82, 2.24) is 4.90 Å². The lowest BCUT2D eigenvalue weighted by molar-refractivity contribution is -0.122. The molecule has 3 rings (SSSR count). The molecule has 142 valence electrons. The Hall–Kier alpha value is -3.09. The second kappa shape index (κ2) is 7.65. The molecular formula is C20H22N2O5. The van der Waals surface area contributed by atoms with Crippen LogP contribution in [-0.2, 0) is 9.59 Å². The van der Waals surface area contributed by atoms with Crippen LogP contribution in [0.4, 0.5) is 5.69 Å². The third-order valence-electron chi connectivity index (χ3n) is 4.82. The summed E-state index contributed by atoms with van der Waals surface area (Å²) < 4.78 is 10.3. The maximum absolute atomic E-state index is 13.1. The Kier molecular flexibility index (Phi) is 5.30. The van der Waals surface area contributed by atoms with E-state index in [0.29, 0.717) is 17.9 Å². The molecule has 0 radical (unpaired) electrons. The molecule has 1 aliphatic heterocycles. The maximum atomic E-state index is 13.1. The van der Waals surface area contributed by atoms with Crippen LogP contribution >= 0.6 is 0 Å². The van der Waals surface area contributed by atoms with Crippen LogP contribution in [-0.4, -0.2) is 41.8 Å². The summed E-state index contributed by atoms with van der Waals surface area (Å²) in [6, 6.07) is 8.77. The zero-order chi connectivity index (χ0) is 19.6. The minimum atomic E-state index is -0.854. The van der Waals surface area contributed by atoms with Crippen LogP contribution in [0.25, 0.3) is 0 Å². The topological polar surface area (TPSA) is 80.1 Å². The summed E-state index contributed by atoms with van der Waals surface area (Å²) in [6.07, 6.45) is 2.00. The van der Waals surface area contributed by atoms with Gasteiger partial charge in [-0.2, -0.15) is 0 Å². The number of hydrogen-bond donors (Lipinski definition) is 0. The van der Waals surface area contributed by atoms with E-state index in [1.165, 1.54) is 11.2 Å². The lowest BCUT2D eigenvalue weighted by Gasteiger charge is -2.32. The summed E-state index contributed by atoms with van der Waals surface area (Å²) in [5, 5.41) is 0. The quantitative estimate of drug-likeness (QED) is 0.731. The summed E-state index contributed by atoms with van der Waals surface area (Å²) in [7, 11) is 1.54. The number of carbonyl (C=O) groups is 3. The maximum Gasteiger partial charge on any atom is 0.290 e. The normalized spacial score (nSPS) is 17.9. The Labute approximate surface area is 157 Å². The lowest BCUT2D eigenvalue weighted by Crippen LogP contribution is -2.49. The Balaban J connectivity index is 1.91. The van der Waals surface area contributed by atoms with E-state index in [1.54, 1.807) is 43.5 Å². The average Bonchev–Trinajstić information content (AvgIpc) is 3.31. The first-order chi connectivity index (χ1) is 13.0. The van der Waals surface area contributed by atoms with Crippen LogP contribution in [0.2, 0.25) is 0 Å². The van der Waals surface area contributed by atoms with E-state index in [-0.39, 0.29) is 24.1 Å². The molecule has 2 aromatic rings. The molecule has 7 nitrogen and oxygen atoms in total. The largest absolute Gasteiger partial charge is 0.497 e. The van der Waals surface area contributed by atoms with Gasteiger partial charge in [-0.15, -0.1) is 0 Å². The van der Waals surface area contributed by atoms with Gasteiger partial charge in [0.25, 0.3) is 11.8 Å². The number of hydrogen-bond acceptors (Lipinski definition) is 5. The molecule has 1 aromatic carbocycles. The predicted octanol–water partition coefficient (Wildman–Crippen LogP) is 2.86. The summed E-state index contributed by atoms with van der Waals surface area (Å²) in [4.78, 5) is 41.1. The van der Waals surface area contributed by atoms with E-state index in [0.717, 1.165) is 4.90 Å². The van der Waals surface area contributed by atoms with Crippen molar-refractivity contribution >= 4 is 23.4 Å². The van der Waals surface area contributed by atoms with Crippen molar-refractivity contribution in [3.05, 3.63) is 48.4 Å². The number of carbonyl (C=O) groups excluding carboxylic acids is 3. The highest BCUT2D eigenvalue weighted by Crippen LogP contribution is 2.29. The number of benzene rings is 1. The highest BCUT2D eigenvalue weighted by molar-refractivity contribution is 6.23. The molecule has 1 fully saturated rings. The minimum Gasteiger partial charge on any atom is -0.497 e. The van der Waals surface area contributed by atoms with E-state index in [1.807, 2.05) is 13.8 Å². The fraction of sp³-hybridized carbons (Fsp3) is 0.350. The standard InChI is InChI=1S/C20H22N2O5/c1-4-13(2)21(20(25)17-6-5-11-27-17)16-12-18(23)22(19(16)24)14-7-9-15(26-3)10-8-14/h5-11,13,16H,4,12H2,1-3H3. The molecule has 2 atom stereocenters. The molecule has 3 amide bonds. The Bertz CT molecular complexity index is 829. The summed E-state index contributed by atoms with van der Waals surface area (Å²) >= 11 is 0. The molecule has 1 aliphatic rings. The number of methoxy groups -OCH3 is 1. The second-order valence-electron chi connectivity index (χ2n) is 6.43. The van der Waals surface area contributed by atoms with Crippen molar-refractivity contribution in [1.29, 1.82) is 0 Å². The first kappa shape index (κ1) is 18.7. The van der Waals surface area contributed by atoms with Gasteiger partial charge in [0, 0.05) is 6.04 Å². The molecule has 0 spiro atoms. The SMILES string of the molecule is CCC(C)N(C(=O)c1ccco1)C1CC(=O)N(c2ccc(OC)cc2)C1=O. The highest BCUT2D eigenvalue weighted by atomic mass is 16.5. The van der Waals surface area contributed by atoms with Crippen molar-refractivity contribution < 1.29 is 23.5 Å². The van der Waals surface area contributed by atoms with Crippen LogP contribution in [0.5, 0.6) is 5.75 Å². The Morgan fingerprint density at radius 3 is 2.56 bits per heavy atom. The number of nitrogens with zero attached hydrogens (tertiary/aromatic N) is 2. The molecule has 2 heterocycles. The fourth-order valence-electron chi connectivity index (χ4n) is 3.21. The predicted molar refractivity (Wildman–Crippen MR) is 98.5 cm³/mol. The van der Waals surface area contributed by atoms with Gasteiger partial charge >= 0.3 is 0 Å². The molecule has 1 aromatic heterocycles. The van der Waals surface area contributed by atoms with Gasteiger partial charge in [-0.3, -0.25) is 14.4 Å². The summed E-state index contributed by atoms with van der Waals surface area (Å²) in [5.74, 6) is -0.361. The minimum absolute atomic E-state index is 0.0539. The molecule has 27 heavy (non-hydrogen) atoms.